The summed E-state index contributed by atoms with van der Waals surface area (Å²) in [6, 6.07) is 9.88. The van der Waals surface area contributed by atoms with Crippen LogP contribution in [0.5, 0.6) is 5.75 Å². The molecule has 0 bridgehead atoms. The maximum atomic E-state index is 12.7. The number of ether oxygens (including phenoxy) is 1. The Hall–Kier alpha value is -2.18. The van der Waals surface area contributed by atoms with Crippen molar-refractivity contribution >= 4 is 28.6 Å². The third-order valence-electron chi connectivity index (χ3n) is 4.03. The van der Waals surface area contributed by atoms with Gasteiger partial charge in [0.05, 0.1) is 18.3 Å². The summed E-state index contributed by atoms with van der Waals surface area (Å²) in [6.07, 6.45) is 0.776. The number of aryl methyl sites for hydroxylation is 1. The molecule has 0 spiro atoms. The monoisotopic (exact) mass is 356 g/mol. The molecule has 0 saturated heterocycles. The molecule has 3 aromatic rings. The number of thiophene rings is 1. The van der Waals surface area contributed by atoms with E-state index in [9.17, 15) is 4.79 Å². The minimum atomic E-state index is -0.0619. The summed E-state index contributed by atoms with van der Waals surface area (Å²) in [5.74, 6) is 0.794. The Balaban J connectivity index is 1.57. The molecule has 0 unspecified atom stereocenters. The van der Waals surface area contributed by atoms with E-state index in [0.29, 0.717) is 11.5 Å². The van der Waals surface area contributed by atoms with Crippen molar-refractivity contribution in [1.82, 2.24) is 10.3 Å². The second kappa shape index (κ2) is 6.37. The van der Waals surface area contributed by atoms with E-state index in [2.05, 4.69) is 15.7 Å². The number of benzene rings is 1. The SMILES string of the molecule is Cc1nc(-c2ccsc2)sc1C(=O)N[C@H]1CCOc2ccccc21. The first-order valence-corrected chi connectivity index (χ1v) is 9.51. The molecule has 4 nitrogen and oxygen atoms in total. The summed E-state index contributed by atoms with van der Waals surface area (Å²) < 4.78 is 5.66. The largest absolute Gasteiger partial charge is 0.493 e. The first kappa shape index (κ1) is 15.4. The molecule has 4 rings (SSSR count). The molecule has 3 heterocycles. The normalized spacial score (nSPS) is 16.3. The zero-order valence-corrected chi connectivity index (χ0v) is 14.7. The van der Waals surface area contributed by atoms with Gasteiger partial charge in [-0.15, -0.1) is 11.3 Å². The fraction of sp³-hybridized carbons (Fsp3) is 0.222. The molecule has 1 aliphatic heterocycles. The molecule has 1 aliphatic rings. The number of para-hydroxylation sites is 1. The van der Waals surface area contributed by atoms with Crippen LogP contribution in [0.2, 0.25) is 0 Å². The highest BCUT2D eigenvalue weighted by Gasteiger charge is 2.25. The summed E-state index contributed by atoms with van der Waals surface area (Å²) in [5.41, 5.74) is 2.89. The van der Waals surface area contributed by atoms with Crippen LogP contribution in [0.4, 0.5) is 0 Å². The van der Waals surface area contributed by atoms with Gasteiger partial charge in [0.1, 0.15) is 15.6 Å². The van der Waals surface area contributed by atoms with Gasteiger partial charge in [0.25, 0.3) is 5.91 Å². The standard InChI is InChI=1S/C18H16N2O2S2/c1-11-16(24-18(19-11)12-7-9-23-10-12)17(21)20-14-6-8-22-15-5-3-2-4-13(14)15/h2-5,7,9-10,14H,6,8H2,1H3,(H,20,21)/t14-/m0/s1. The lowest BCUT2D eigenvalue weighted by Gasteiger charge is -2.26. The van der Waals surface area contributed by atoms with Crippen molar-refractivity contribution in [3.8, 4) is 16.3 Å². The molecular weight excluding hydrogens is 340 g/mol. The van der Waals surface area contributed by atoms with Crippen LogP contribution in [0.3, 0.4) is 0 Å². The van der Waals surface area contributed by atoms with Crippen LogP contribution in [0, 0.1) is 6.92 Å². The van der Waals surface area contributed by atoms with Crippen LogP contribution < -0.4 is 10.1 Å². The summed E-state index contributed by atoms with van der Waals surface area (Å²) >= 11 is 3.08. The van der Waals surface area contributed by atoms with Crippen LogP contribution in [0.25, 0.3) is 10.6 Å². The molecule has 1 aromatic carbocycles. The second-order valence-electron chi connectivity index (χ2n) is 5.65. The number of amides is 1. The van der Waals surface area contributed by atoms with Gasteiger partial charge >= 0.3 is 0 Å². The summed E-state index contributed by atoms with van der Waals surface area (Å²) in [6.45, 7) is 2.50. The highest BCUT2D eigenvalue weighted by Crippen LogP contribution is 2.33. The Morgan fingerprint density at radius 2 is 2.21 bits per heavy atom. The summed E-state index contributed by atoms with van der Waals surface area (Å²) in [5, 5.41) is 8.11. The number of fused-ring (bicyclic) bond motifs is 1. The molecule has 122 valence electrons. The third kappa shape index (κ3) is 2.83. The number of nitrogens with zero attached hydrogens (tertiary/aromatic N) is 1. The van der Waals surface area contributed by atoms with Gasteiger partial charge in [-0.2, -0.15) is 11.3 Å². The highest BCUT2D eigenvalue weighted by atomic mass is 32.1. The van der Waals surface area contributed by atoms with E-state index >= 15 is 0 Å². The maximum Gasteiger partial charge on any atom is 0.263 e. The number of nitrogens with one attached hydrogen (secondary N) is 1. The average Bonchev–Trinajstić information content (AvgIpc) is 3.24. The molecule has 1 N–H and O–H groups in total. The van der Waals surface area contributed by atoms with Crippen LogP contribution in [0.15, 0.2) is 41.1 Å². The summed E-state index contributed by atoms with van der Waals surface area (Å²) in [4.78, 5) is 18.0. The molecule has 0 radical (unpaired) electrons. The molecule has 1 amide bonds. The van der Waals surface area contributed by atoms with Gasteiger partial charge < -0.3 is 10.1 Å². The number of carbonyl (C=O) groups excluding carboxylic acids is 1. The molecule has 0 fully saturated rings. The number of hydrogen-bond donors (Lipinski definition) is 1. The van der Waals surface area contributed by atoms with E-state index in [-0.39, 0.29) is 11.9 Å². The number of thiazole rings is 1. The predicted octanol–water partition coefficient (Wildman–Crippen LogP) is 4.43. The molecule has 6 heteroatoms. The van der Waals surface area contributed by atoms with Crippen molar-refractivity contribution in [2.75, 3.05) is 6.61 Å². The minimum Gasteiger partial charge on any atom is -0.493 e. The third-order valence-corrected chi connectivity index (χ3v) is 5.92. The van der Waals surface area contributed by atoms with Gasteiger partial charge in [0.15, 0.2) is 0 Å². The molecule has 0 saturated carbocycles. The fourth-order valence-electron chi connectivity index (χ4n) is 2.83. The number of rotatable bonds is 3. The zero-order valence-electron chi connectivity index (χ0n) is 13.1. The van der Waals surface area contributed by atoms with Crippen molar-refractivity contribution in [2.45, 2.75) is 19.4 Å². The number of hydrogen-bond acceptors (Lipinski definition) is 5. The molecular formula is C18H16N2O2S2. The fourth-order valence-corrected chi connectivity index (χ4v) is 4.51. The van der Waals surface area contributed by atoms with Crippen LogP contribution >= 0.6 is 22.7 Å². The Morgan fingerprint density at radius 1 is 1.33 bits per heavy atom. The zero-order chi connectivity index (χ0) is 16.5. The van der Waals surface area contributed by atoms with Gasteiger partial charge in [-0.05, 0) is 24.4 Å². The van der Waals surface area contributed by atoms with E-state index in [1.807, 2.05) is 42.6 Å². The second-order valence-corrected chi connectivity index (χ2v) is 7.43. The Kier molecular flexibility index (Phi) is 4.08. The van der Waals surface area contributed by atoms with Crippen molar-refractivity contribution < 1.29 is 9.53 Å². The van der Waals surface area contributed by atoms with Gasteiger partial charge in [-0.25, -0.2) is 4.98 Å². The van der Waals surface area contributed by atoms with Crippen LogP contribution in [-0.2, 0) is 0 Å². The van der Waals surface area contributed by atoms with E-state index in [1.54, 1.807) is 11.3 Å². The molecule has 2 aromatic heterocycles. The van der Waals surface area contributed by atoms with Crippen LogP contribution in [0.1, 0.15) is 33.4 Å². The van der Waals surface area contributed by atoms with Gasteiger partial charge in [0, 0.05) is 22.9 Å². The minimum absolute atomic E-state index is 0.0199. The van der Waals surface area contributed by atoms with Crippen molar-refractivity contribution in [1.29, 1.82) is 0 Å². The van der Waals surface area contributed by atoms with E-state index in [0.717, 1.165) is 34.0 Å². The van der Waals surface area contributed by atoms with E-state index < -0.39 is 0 Å². The first-order valence-electron chi connectivity index (χ1n) is 7.75. The topological polar surface area (TPSA) is 51.2 Å². The molecule has 0 aliphatic carbocycles. The lowest BCUT2D eigenvalue weighted by molar-refractivity contribution is 0.0928. The maximum absolute atomic E-state index is 12.7. The summed E-state index contributed by atoms with van der Waals surface area (Å²) in [7, 11) is 0. The van der Waals surface area contributed by atoms with Gasteiger partial charge in [0.2, 0.25) is 0 Å². The van der Waals surface area contributed by atoms with Gasteiger partial charge in [-0.1, -0.05) is 18.2 Å². The van der Waals surface area contributed by atoms with Crippen molar-refractivity contribution in [3.05, 3.63) is 57.2 Å². The number of carbonyl (C=O) groups is 1. The molecule has 1 atom stereocenters. The first-order chi connectivity index (χ1) is 11.7. The Morgan fingerprint density at radius 3 is 3.04 bits per heavy atom. The lowest BCUT2D eigenvalue weighted by atomic mass is 10.0. The van der Waals surface area contributed by atoms with E-state index in [4.69, 9.17) is 4.74 Å². The highest BCUT2D eigenvalue weighted by molar-refractivity contribution is 7.17. The lowest BCUT2D eigenvalue weighted by Crippen LogP contribution is -2.32. The van der Waals surface area contributed by atoms with Crippen molar-refractivity contribution in [3.63, 3.8) is 0 Å². The van der Waals surface area contributed by atoms with E-state index in [1.165, 1.54) is 11.3 Å². The Labute approximate surface area is 148 Å². The smallest absolute Gasteiger partial charge is 0.263 e. The Bertz CT molecular complexity index is 871. The average molecular weight is 356 g/mol. The van der Waals surface area contributed by atoms with Crippen LogP contribution in [-0.4, -0.2) is 17.5 Å². The van der Waals surface area contributed by atoms with Gasteiger partial charge in [-0.3, -0.25) is 4.79 Å². The number of aromatic nitrogens is 1. The molecule has 24 heavy (non-hydrogen) atoms. The quantitative estimate of drug-likeness (QED) is 0.755. The van der Waals surface area contributed by atoms with Crippen molar-refractivity contribution in [2.24, 2.45) is 0 Å². The predicted molar refractivity (Wildman–Crippen MR) is 96.9 cm³/mol.